The lowest BCUT2D eigenvalue weighted by Crippen LogP contribution is -2.46. The SMILES string of the molecule is O=C(NC1CCCC1)C(c1ccc(F)cc1)N(Cc1ccoc1)C(=O)c1ccc(-c2ccccc2)[nH]1. The van der Waals surface area contributed by atoms with E-state index in [1.807, 2.05) is 36.4 Å². The van der Waals surface area contributed by atoms with Crippen molar-refractivity contribution in [3.8, 4) is 11.3 Å². The first-order chi connectivity index (χ1) is 17.6. The molecule has 2 amide bonds. The number of nitrogens with zero attached hydrogens (tertiary/aromatic N) is 1. The molecule has 1 aliphatic carbocycles. The highest BCUT2D eigenvalue weighted by Gasteiger charge is 2.34. The second-order valence-corrected chi connectivity index (χ2v) is 9.16. The Morgan fingerprint density at radius 2 is 1.75 bits per heavy atom. The van der Waals surface area contributed by atoms with E-state index in [1.54, 1.807) is 30.5 Å². The van der Waals surface area contributed by atoms with E-state index in [9.17, 15) is 14.0 Å². The summed E-state index contributed by atoms with van der Waals surface area (Å²) < 4.78 is 19.0. The number of hydrogen-bond donors (Lipinski definition) is 2. The van der Waals surface area contributed by atoms with Crippen molar-refractivity contribution in [1.29, 1.82) is 0 Å². The normalized spacial score (nSPS) is 14.5. The Kier molecular flexibility index (Phi) is 6.98. The van der Waals surface area contributed by atoms with Crippen LogP contribution in [0.1, 0.15) is 53.3 Å². The molecular weight excluding hydrogens is 457 g/mol. The Morgan fingerprint density at radius 3 is 2.44 bits per heavy atom. The highest BCUT2D eigenvalue weighted by atomic mass is 19.1. The van der Waals surface area contributed by atoms with Crippen molar-refractivity contribution in [2.75, 3.05) is 0 Å². The molecule has 0 bridgehead atoms. The molecule has 1 unspecified atom stereocenters. The van der Waals surface area contributed by atoms with Crippen molar-refractivity contribution in [2.24, 2.45) is 0 Å². The Hall–Kier alpha value is -4.13. The van der Waals surface area contributed by atoms with E-state index in [-0.39, 0.29) is 24.4 Å². The molecule has 2 heterocycles. The first-order valence-corrected chi connectivity index (χ1v) is 12.2. The number of benzene rings is 2. The van der Waals surface area contributed by atoms with Crippen molar-refractivity contribution in [2.45, 2.75) is 44.3 Å². The largest absolute Gasteiger partial charge is 0.472 e. The number of aromatic amines is 1. The number of carbonyl (C=O) groups is 2. The van der Waals surface area contributed by atoms with Crippen molar-refractivity contribution in [3.05, 3.63) is 108 Å². The van der Waals surface area contributed by atoms with Crippen molar-refractivity contribution in [1.82, 2.24) is 15.2 Å². The molecule has 1 atom stereocenters. The number of aromatic nitrogens is 1. The maximum atomic E-state index is 13.9. The number of amides is 2. The lowest BCUT2D eigenvalue weighted by Gasteiger charge is -2.32. The fraction of sp³-hybridized carbons (Fsp3) is 0.241. The van der Waals surface area contributed by atoms with Gasteiger partial charge in [-0.1, -0.05) is 55.3 Å². The standard InChI is InChI=1S/C29H28FN3O3/c30-23-12-10-22(11-13-23)27(28(34)31-24-8-4-5-9-24)33(18-20-16-17-36-19-20)29(35)26-15-14-25(32-26)21-6-2-1-3-7-21/h1-3,6-7,10-17,19,24,27,32H,4-5,8-9,18H2,(H,31,34). The minimum absolute atomic E-state index is 0.0708. The average molecular weight is 486 g/mol. The molecule has 184 valence electrons. The lowest BCUT2D eigenvalue weighted by atomic mass is 10.0. The zero-order chi connectivity index (χ0) is 24.9. The van der Waals surface area contributed by atoms with Gasteiger partial charge in [-0.15, -0.1) is 0 Å². The molecule has 0 saturated heterocycles. The topological polar surface area (TPSA) is 78.3 Å². The second kappa shape index (κ2) is 10.6. The fourth-order valence-corrected chi connectivity index (χ4v) is 4.79. The Labute approximate surface area is 209 Å². The van der Waals surface area contributed by atoms with Crippen molar-refractivity contribution >= 4 is 11.8 Å². The van der Waals surface area contributed by atoms with Crippen LogP contribution >= 0.6 is 0 Å². The maximum Gasteiger partial charge on any atom is 0.271 e. The van der Waals surface area contributed by atoms with Gasteiger partial charge < -0.3 is 19.6 Å². The molecule has 0 spiro atoms. The first-order valence-electron chi connectivity index (χ1n) is 12.2. The molecule has 7 heteroatoms. The molecule has 2 N–H and O–H groups in total. The van der Waals surface area contributed by atoms with Gasteiger partial charge in [0.25, 0.3) is 5.91 Å². The highest BCUT2D eigenvalue weighted by Crippen LogP contribution is 2.28. The van der Waals surface area contributed by atoms with Crippen LogP contribution in [0.3, 0.4) is 0 Å². The van der Waals surface area contributed by atoms with Gasteiger partial charge in [-0.3, -0.25) is 9.59 Å². The number of nitrogens with one attached hydrogen (secondary N) is 2. The first kappa shape index (κ1) is 23.6. The lowest BCUT2D eigenvalue weighted by molar-refractivity contribution is -0.126. The molecule has 0 radical (unpaired) electrons. The summed E-state index contributed by atoms with van der Waals surface area (Å²) in [5.74, 6) is -1.02. The third kappa shape index (κ3) is 5.25. The van der Waals surface area contributed by atoms with E-state index in [0.29, 0.717) is 11.3 Å². The maximum absolute atomic E-state index is 13.9. The quantitative estimate of drug-likeness (QED) is 0.328. The van der Waals surface area contributed by atoms with E-state index in [2.05, 4.69) is 10.3 Å². The molecule has 2 aromatic heterocycles. The molecule has 6 nitrogen and oxygen atoms in total. The van der Waals surface area contributed by atoms with Gasteiger partial charge in [-0.25, -0.2) is 4.39 Å². The monoisotopic (exact) mass is 485 g/mol. The van der Waals surface area contributed by atoms with Crippen molar-refractivity contribution < 1.29 is 18.4 Å². The third-order valence-corrected chi connectivity index (χ3v) is 6.64. The fourth-order valence-electron chi connectivity index (χ4n) is 4.79. The Balaban J connectivity index is 1.52. The summed E-state index contributed by atoms with van der Waals surface area (Å²) in [5, 5.41) is 3.13. The molecular formula is C29H28FN3O3. The molecule has 0 aliphatic heterocycles. The summed E-state index contributed by atoms with van der Waals surface area (Å²) in [6, 6.07) is 19.9. The number of halogens is 1. The van der Waals surface area contributed by atoms with Crippen LogP contribution in [0.25, 0.3) is 11.3 Å². The number of furan rings is 1. The van der Waals surface area contributed by atoms with Crippen LogP contribution in [0.2, 0.25) is 0 Å². The molecule has 1 fully saturated rings. The number of H-pyrrole nitrogens is 1. The summed E-state index contributed by atoms with van der Waals surface area (Å²) in [4.78, 5) is 32.4. The minimum Gasteiger partial charge on any atom is -0.472 e. The Bertz CT molecular complexity index is 1290. The molecule has 36 heavy (non-hydrogen) atoms. The predicted molar refractivity (Wildman–Crippen MR) is 134 cm³/mol. The summed E-state index contributed by atoms with van der Waals surface area (Å²) >= 11 is 0. The van der Waals surface area contributed by atoms with Crippen molar-refractivity contribution in [3.63, 3.8) is 0 Å². The van der Waals surface area contributed by atoms with Gasteiger partial charge in [0, 0.05) is 17.3 Å². The van der Waals surface area contributed by atoms with Crippen LogP contribution in [0, 0.1) is 5.82 Å². The number of carbonyl (C=O) groups excluding carboxylic acids is 2. The van der Waals surface area contributed by atoms with E-state index < -0.39 is 11.9 Å². The van der Waals surface area contributed by atoms with Crippen LogP contribution in [-0.4, -0.2) is 27.7 Å². The van der Waals surface area contributed by atoms with Crippen LogP contribution in [0.4, 0.5) is 4.39 Å². The van der Waals surface area contributed by atoms with Crippen LogP contribution in [0.15, 0.2) is 89.7 Å². The summed E-state index contributed by atoms with van der Waals surface area (Å²) in [7, 11) is 0. The zero-order valence-electron chi connectivity index (χ0n) is 19.8. The second-order valence-electron chi connectivity index (χ2n) is 9.16. The van der Waals surface area contributed by atoms with Gasteiger partial charge in [0.05, 0.1) is 19.1 Å². The van der Waals surface area contributed by atoms with E-state index in [0.717, 1.165) is 42.5 Å². The van der Waals surface area contributed by atoms with Gasteiger partial charge in [0.2, 0.25) is 5.91 Å². The van der Waals surface area contributed by atoms with Gasteiger partial charge in [-0.05, 0) is 54.3 Å². The summed E-state index contributed by atoms with van der Waals surface area (Å²) in [6.07, 6.45) is 7.04. The van der Waals surface area contributed by atoms with Gasteiger partial charge in [0.1, 0.15) is 17.6 Å². The summed E-state index contributed by atoms with van der Waals surface area (Å²) in [6.45, 7) is 0.148. The molecule has 4 aromatic rings. The average Bonchev–Trinajstić information content (AvgIpc) is 3.68. The zero-order valence-corrected chi connectivity index (χ0v) is 19.8. The highest BCUT2D eigenvalue weighted by molar-refractivity contribution is 5.97. The molecule has 1 saturated carbocycles. The van der Waals surface area contributed by atoms with Gasteiger partial charge in [-0.2, -0.15) is 0 Å². The van der Waals surface area contributed by atoms with E-state index in [4.69, 9.17) is 4.42 Å². The Morgan fingerprint density at radius 1 is 1.00 bits per heavy atom. The van der Waals surface area contributed by atoms with Gasteiger partial charge in [0.15, 0.2) is 0 Å². The summed E-state index contributed by atoms with van der Waals surface area (Å²) in [5.41, 5.74) is 3.40. The van der Waals surface area contributed by atoms with Gasteiger partial charge >= 0.3 is 0 Å². The van der Waals surface area contributed by atoms with E-state index >= 15 is 0 Å². The predicted octanol–water partition coefficient (Wildman–Crippen LogP) is 5.86. The number of rotatable bonds is 8. The molecule has 2 aromatic carbocycles. The van der Waals surface area contributed by atoms with Crippen LogP contribution < -0.4 is 5.32 Å². The number of hydrogen-bond acceptors (Lipinski definition) is 3. The van der Waals surface area contributed by atoms with Crippen LogP contribution in [-0.2, 0) is 11.3 Å². The van der Waals surface area contributed by atoms with E-state index in [1.165, 1.54) is 23.3 Å². The third-order valence-electron chi connectivity index (χ3n) is 6.64. The minimum atomic E-state index is -0.947. The smallest absolute Gasteiger partial charge is 0.271 e. The van der Waals surface area contributed by atoms with Crippen LogP contribution in [0.5, 0.6) is 0 Å². The molecule has 1 aliphatic rings. The molecule has 5 rings (SSSR count).